The van der Waals surface area contributed by atoms with Crippen LogP contribution in [-0.4, -0.2) is 22.1 Å². The van der Waals surface area contributed by atoms with E-state index in [-0.39, 0.29) is 28.3 Å². The highest BCUT2D eigenvalue weighted by atomic mass is 35.5. The number of aryl methyl sites for hydroxylation is 1. The Morgan fingerprint density at radius 1 is 1.21 bits per heavy atom. The molecule has 8 heteroatoms. The highest BCUT2D eigenvalue weighted by Gasteiger charge is 2.23. The molecule has 1 aromatic heterocycles. The van der Waals surface area contributed by atoms with E-state index in [0.29, 0.717) is 16.5 Å². The van der Waals surface area contributed by atoms with Crippen molar-refractivity contribution >= 4 is 34.4 Å². The van der Waals surface area contributed by atoms with Crippen LogP contribution in [0.15, 0.2) is 51.7 Å². The van der Waals surface area contributed by atoms with Gasteiger partial charge in [-0.05, 0) is 24.1 Å². The van der Waals surface area contributed by atoms with Crippen LogP contribution < -0.4 is 10.9 Å². The molecular formula is C20H16ClNO6. The molecule has 7 nitrogen and oxygen atoms in total. The Morgan fingerprint density at radius 2 is 1.89 bits per heavy atom. The van der Waals surface area contributed by atoms with E-state index in [9.17, 15) is 24.6 Å². The minimum Gasteiger partial charge on any atom is -0.506 e. The zero-order valence-corrected chi connectivity index (χ0v) is 15.5. The number of halogens is 1. The van der Waals surface area contributed by atoms with Crippen molar-refractivity contribution in [2.45, 2.75) is 19.4 Å². The Kier molecular flexibility index (Phi) is 5.37. The zero-order chi connectivity index (χ0) is 20.4. The lowest BCUT2D eigenvalue weighted by molar-refractivity contribution is -0.142. The molecule has 0 spiro atoms. The van der Waals surface area contributed by atoms with E-state index < -0.39 is 23.5 Å². The number of aliphatic carboxylic acids is 1. The second-order valence-electron chi connectivity index (χ2n) is 6.22. The van der Waals surface area contributed by atoms with E-state index in [1.165, 1.54) is 12.1 Å². The molecule has 3 N–H and O–H groups in total. The summed E-state index contributed by atoms with van der Waals surface area (Å²) in [6, 6.07) is 9.66. The maximum absolute atomic E-state index is 12.4. The number of carboxylic acids is 1. The standard InChI is InChI=1S/C20H16ClNO6/c1-10-12-7-14(21)15(23)9-16(12)28-20(27)13(10)8-17(24)22-18(19(25)26)11-5-3-2-4-6-11/h2-7,9,18,23H,8H2,1H3,(H,22,24)(H,25,26). The summed E-state index contributed by atoms with van der Waals surface area (Å²) < 4.78 is 5.18. The van der Waals surface area contributed by atoms with E-state index >= 15 is 0 Å². The molecule has 2 aromatic carbocycles. The SMILES string of the molecule is Cc1c(CC(=O)NC(C(=O)O)c2ccccc2)c(=O)oc2cc(O)c(Cl)cc12. The number of amides is 1. The van der Waals surface area contributed by atoms with Gasteiger partial charge in [-0.2, -0.15) is 0 Å². The van der Waals surface area contributed by atoms with Gasteiger partial charge in [-0.15, -0.1) is 0 Å². The smallest absolute Gasteiger partial charge is 0.340 e. The Labute approximate surface area is 164 Å². The van der Waals surface area contributed by atoms with Crippen LogP contribution in [0.3, 0.4) is 0 Å². The van der Waals surface area contributed by atoms with Crippen LogP contribution in [0.1, 0.15) is 22.7 Å². The van der Waals surface area contributed by atoms with Gasteiger partial charge in [0.05, 0.1) is 17.0 Å². The van der Waals surface area contributed by atoms with Crippen LogP contribution in [0.4, 0.5) is 0 Å². The lowest BCUT2D eigenvalue weighted by atomic mass is 10.0. The summed E-state index contributed by atoms with van der Waals surface area (Å²) >= 11 is 5.91. The molecule has 0 aliphatic carbocycles. The first-order valence-corrected chi connectivity index (χ1v) is 8.67. The molecule has 1 atom stereocenters. The van der Waals surface area contributed by atoms with Crippen LogP contribution in [-0.2, 0) is 16.0 Å². The lowest BCUT2D eigenvalue weighted by Gasteiger charge is -2.15. The highest BCUT2D eigenvalue weighted by Crippen LogP contribution is 2.30. The predicted molar refractivity (Wildman–Crippen MR) is 103 cm³/mol. The summed E-state index contributed by atoms with van der Waals surface area (Å²) in [5.74, 6) is -2.09. The van der Waals surface area contributed by atoms with Crippen molar-refractivity contribution in [3.8, 4) is 5.75 Å². The second-order valence-corrected chi connectivity index (χ2v) is 6.63. The molecule has 0 fully saturated rings. The Morgan fingerprint density at radius 3 is 2.54 bits per heavy atom. The number of nitrogens with one attached hydrogen (secondary N) is 1. The first-order chi connectivity index (χ1) is 13.3. The molecule has 0 saturated heterocycles. The number of fused-ring (bicyclic) bond motifs is 1. The van der Waals surface area contributed by atoms with E-state index in [1.54, 1.807) is 37.3 Å². The number of carboxylic acid groups (broad SMARTS) is 1. The van der Waals surface area contributed by atoms with Gasteiger partial charge in [0.15, 0.2) is 6.04 Å². The van der Waals surface area contributed by atoms with E-state index in [4.69, 9.17) is 16.0 Å². The van der Waals surface area contributed by atoms with Gasteiger partial charge < -0.3 is 19.9 Å². The van der Waals surface area contributed by atoms with Gasteiger partial charge in [-0.25, -0.2) is 9.59 Å². The lowest BCUT2D eigenvalue weighted by Crippen LogP contribution is -2.35. The largest absolute Gasteiger partial charge is 0.506 e. The Hall–Kier alpha value is -3.32. The number of rotatable bonds is 5. The normalized spacial score (nSPS) is 11.9. The van der Waals surface area contributed by atoms with Crippen molar-refractivity contribution in [1.29, 1.82) is 0 Å². The molecule has 0 saturated carbocycles. The Balaban J connectivity index is 1.91. The average Bonchev–Trinajstić information content (AvgIpc) is 2.65. The zero-order valence-electron chi connectivity index (χ0n) is 14.7. The number of carbonyl (C=O) groups excluding carboxylic acids is 1. The number of phenols is 1. The molecule has 3 aromatic rings. The molecule has 0 radical (unpaired) electrons. The predicted octanol–water partition coefficient (Wildman–Crippen LogP) is 2.95. The molecule has 1 unspecified atom stereocenters. The van der Waals surface area contributed by atoms with Gasteiger partial charge in [0.1, 0.15) is 11.3 Å². The van der Waals surface area contributed by atoms with Gasteiger partial charge >= 0.3 is 11.6 Å². The van der Waals surface area contributed by atoms with Gasteiger partial charge in [0, 0.05) is 11.5 Å². The third-order valence-corrected chi connectivity index (χ3v) is 4.68. The maximum Gasteiger partial charge on any atom is 0.340 e. The van der Waals surface area contributed by atoms with Gasteiger partial charge in [-0.3, -0.25) is 4.79 Å². The van der Waals surface area contributed by atoms with Gasteiger partial charge in [0.2, 0.25) is 5.91 Å². The van der Waals surface area contributed by atoms with Crippen molar-refractivity contribution in [1.82, 2.24) is 5.32 Å². The van der Waals surface area contributed by atoms with Gasteiger partial charge in [-0.1, -0.05) is 41.9 Å². The number of benzene rings is 2. The van der Waals surface area contributed by atoms with Crippen molar-refractivity contribution in [3.05, 3.63) is 74.6 Å². The summed E-state index contributed by atoms with van der Waals surface area (Å²) in [5, 5.41) is 22.0. The van der Waals surface area contributed by atoms with Crippen LogP contribution in [0.2, 0.25) is 5.02 Å². The first-order valence-electron chi connectivity index (χ1n) is 8.30. The van der Waals surface area contributed by atoms with Gasteiger partial charge in [0.25, 0.3) is 0 Å². The van der Waals surface area contributed by atoms with Crippen LogP contribution in [0, 0.1) is 6.92 Å². The molecule has 0 aliphatic heterocycles. The molecular weight excluding hydrogens is 386 g/mol. The highest BCUT2D eigenvalue weighted by molar-refractivity contribution is 6.32. The monoisotopic (exact) mass is 401 g/mol. The summed E-state index contributed by atoms with van der Waals surface area (Å²) in [6.45, 7) is 1.63. The fraction of sp³-hybridized carbons (Fsp3) is 0.150. The van der Waals surface area contributed by atoms with E-state index in [1.807, 2.05) is 0 Å². The minimum atomic E-state index is -1.24. The molecule has 0 bridgehead atoms. The van der Waals surface area contributed by atoms with Crippen LogP contribution >= 0.6 is 11.6 Å². The van der Waals surface area contributed by atoms with E-state index in [2.05, 4.69) is 5.32 Å². The number of hydrogen-bond donors (Lipinski definition) is 3. The number of hydrogen-bond acceptors (Lipinski definition) is 5. The van der Waals surface area contributed by atoms with Crippen molar-refractivity contribution in [2.75, 3.05) is 0 Å². The average molecular weight is 402 g/mol. The minimum absolute atomic E-state index is 0.0786. The summed E-state index contributed by atoms with van der Waals surface area (Å²) in [5.41, 5.74) is 0.362. The molecule has 0 aliphatic rings. The molecule has 144 valence electrons. The summed E-state index contributed by atoms with van der Waals surface area (Å²) in [6.07, 6.45) is -0.362. The maximum atomic E-state index is 12.4. The third-order valence-electron chi connectivity index (χ3n) is 4.38. The topological polar surface area (TPSA) is 117 Å². The van der Waals surface area contributed by atoms with Crippen LogP contribution in [0.25, 0.3) is 11.0 Å². The fourth-order valence-electron chi connectivity index (χ4n) is 2.91. The molecule has 1 amide bonds. The second kappa shape index (κ2) is 7.74. The third kappa shape index (κ3) is 3.84. The molecule has 3 rings (SSSR count). The van der Waals surface area contributed by atoms with Crippen LogP contribution in [0.5, 0.6) is 5.75 Å². The summed E-state index contributed by atoms with van der Waals surface area (Å²) in [7, 11) is 0. The number of carbonyl (C=O) groups is 2. The quantitative estimate of drug-likeness (QED) is 0.566. The molecule has 28 heavy (non-hydrogen) atoms. The summed E-state index contributed by atoms with van der Waals surface area (Å²) in [4.78, 5) is 36.3. The van der Waals surface area contributed by atoms with Crippen molar-refractivity contribution in [2.24, 2.45) is 0 Å². The fourth-order valence-corrected chi connectivity index (χ4v) is 3.07. The first kappa shape index (κ1) is 19.4. The number of phenolic OH excluding ortho intramolecular Hbond substituents is 1. The van der Waals surface area contributed by atoms with E-state index in [0.717, 1.165) is 0 Å². The van der Waals surface area contributed by atoms with Crippen molar-refractivity contribution in [3.63, 3.8) is 0 Å². The Bertz CT molecular complexity index is 1120. The number of aromatic hydroxyl groups is 1. The van der Waals surface area contributed by atoms with Crippen molar-refractivity contribution < 1.29 is 24.2 Å². The molecule has 1 heterocycles.